The van der Waals surface area contributed by atoms with Crippen molar-refractivity contribution < 1.29 is 0 Å². The lowest BCUT2D eigenvalue weighted by Gasteiger charge is -2.46. The van der Waals surface area contributed by atoms with Gasteiger partial charge in [-0.15, -0.1) is 0 Å². The standard InChI is InChI=1S/C16H24N2/c1-2-9-18-10-5-8-16(13-18)11-14-6-3-4-7-15(14)17-12-16/h3-4,6-7,17H,2,5,8-13H2,1H3. The summed E-state index contributed by atoms with van der Waals surface area (Å²) >= 11 is 0. The largest absolute Gasteiger partial charge is 0.384 e. The van der Waals surface area contributed by atoms with E-state index >= 15 is 0 Å². The summed E-state index contributed by atoms with van der Waals surface area (Å²) in [6.45, 7) is 7.29. The Bertz CT molecular complexity index is 413. The number of nitrogens with zero attached hydrogens (tertiary/aromatic N) is 1. The van der Waals surface area contributed by atoms with Crippen LogP contribution >= 0.6 is 0 Å². The number of hydrogen-bond acceptors (Lipinski definition) is 2. The molecule has 18 heavy (non-hydrogen) atoms. The molecule has 2 nitrogen and oxygen atoms in total. The van der Waals surface area contributed by atoms with Crippen molar-refractivity contribution in [1.82, 2.24) is 4.90 Å². The summed E-state index contributed by atoms with van der Waals surface area (Å²) in [6, 6.07) is 8.82. The average Bonchev–Trinajstić information content (AvgIpc) is 2.39. The molecule has 98 valence electrons. The molecule has 2 aliphatic heterocycles. The second-order valence-corrected chi connectivity index (χ2v) is 6.07. The fourth-order valence-corrected chi connectivity index (χ4v) is 3.70. The molecule has 0 bridgehead atoms. The number of benzene rings is 1. The van der Waals surface area contributed by atoms with Crippen LogP contribution in [0.4, 0.5) is 5.69 Å². The van der Waals surface area contributed by atoms with E-state index in [1.807, 2.05) is 0 Å². The van der Waals surface area contributed by atoms with Crippen LogP contribution in [0, 0.1) is 5.41 Å². The number of piperidine rings is 1. The Morgan fingerprint density at radius 1 is 1.33 bits per heavy atom. The zero-order valence-electron chi connectivity index (χ0n) is 11.4. The maximum atomic E-state index is 3.66. The highest BCUT2D eigenvalue weighted by molar-refractivity contribution is 5.54. The van der Waals surface area contributed by atoms with E-state index < -0.39 is 0 Å². The van der Waals surface area contributed by atoms with Gasteiger partial charge in [-0.1, -0.05) is 25.1 Å². The minimum absolute atomic E-state index is 0.488. The van der Waals surface area contributed by atoms with Gasteiger partial charge >= 0.3 is 0 Å². The molecule has 1 spiro atoms. The summed E-state index contributed by atoms with van der Waals surface area (Å²) in [4.78, 5) is 2.67. The van der Waals surface area contributed by atoms with Gasteiger partial charge in [-0.2, -0.15) is 0 Å². The molecule has 1 N–H and O–H groups in total. The van der Waals surface area contributed by atoms with Gasteiger partial charge in [-0.05, 0) is 50.4 Å². The highest BCUT2D eigenvalue weighted by atomic mass is 15.1. The normalized spacial score (nSPS) is 27.8. The molecule has 1 unspecified atom stereocenters. The van der Waals surface area contributed by atoms with Gasteiger partial charge in [0, 0.05) is 24.2 Å². The quantitative estimate of drug-likeness (QED) is 0.859. The van der Waals surface area contributed by atoms with Gasteiger partial charge in [0.15, 0.2) is 0 Å². The zero-order valence-corrected chi connectivity index (χ0v) is 11.4. The first-order valence-electron chi connectivity index (χ1n) is 7.35. The maximum absolute atomic E-state index is 3.66. The van der Waals surface area contributed by atoms with Crippen molar-refractivity contribution in [3.63, 3.8) is 0 Å². The van der Waals surface area contributed by atoms with Crippen LogP contribution in [0.2, 0.25) is 0 Å². The Hall–Kier alpha value is -1.02. The second-order valence-electron chi connectivity index (χ2n) is 6.07. The number of para-hydroxylation sites is 1. The average molecular weight is 244 g/mol. The first kappa shape index (κ1) is 12.0. The van der Waals surface area contributed by atoms with Crippen molar-refractivity contribution in [2.24, 2.45) is 5.41 Å². The summed E-state index contributed by atoms with van der Waals surface area (Å²) in [6.07, 6.45) is 5.29. The van der Waals surface area contributed by atoms with Crippen molar-refractivity contribution in [2.75, 3.05) is 31.5 Å². The van der Waals surface area contributed by atoms with Crippen molar-refractivity contribution in [2.45, 2.75) is 32.6 Å². The lowest BCUT2D eigenvalue weighted by molar-refractivity contribution is 0.0953. The molecule has 2 aliphatic rings. The number of rotatable bonds is 2. The van der Waals surface area contributed by atoms with Gasteiger partial charge in [0.25, 0.3) is 0 Å². The SMILES string of the molecule is CCCN1CCCC2(CNc3ccccc3C2)C1. The van der Waals surface area contributed by atoms with Crippen LogP contribution in [0.1, 0.15) is 31.7 Å². The van der Waals surface area contributed by atoms with Crippen LogP contribution < -0.4 is 5.32 Å². The Morgan fingerprint density at radius 3 is 3.11 bits per heavy atom. The minimum Gasteiger partial charge on any atom is -0.384 e. The first-order chi connectivity index (χ1) is 8.81. The molecule has 2 heteroatoms. The maximum Gasteiger partial charge on any atom is 0.0373 e. The lowest BCUT2D eigenvalue weighted by atomic mass is 9.73. The van der Waals surface area contributed by atoms with Gasteiger partial charge in [-0.25, -0.2) is 0 Å². The first-order valence-corrected chi connectivity index (χ1v) is 7.35. The van der Waals surface area contributed by atoms with Crippen LogP contribution in [0.25, 0.3) is 0 Å². The van der Waals surface area contributed by atoms with E-state index in [1.54, 1.807) is 0 Å². The molecule has 0 amide bonds. The van der Waals surface area contributed by atoms with Crippen molar-refractivity contribution >= 4 is 5.69 Å². The Balaban J connectivity index is 1.77. The van der Waals surface area contributed by atoms with E-state index in [4.69, 9.17) is 0 Å². The summed E-state index contributed by atoms with van der Waals surface area (Å²) < 4.78 is 0. The molecule has 1 aromatic rings. The predicted octanol–water partition coefficient (Wildman–Crippen LogP) is 3.15. The number of hydrogen-bond donors (Lipinski definition) is 1. The van der Waals surface area contributed by atoms with Gasteiger partial charge < -0.3 is 10.2 Å². The minimum atomic E-state index is 0.488. The zero-order chi connectivity index (χ0) is 12.4. The molecule has 1 fully saturated rings. The molecule has 3 rings (SSSR count). The van der Waals surface area contributed by atoms with Crippen LogP contribution in [-0.4, -0.2) is 31.1 Å². The Labute approximate surface area is 110 Å². The lowest BCUT2D eigenvalue weighted by Crippen LogP contribution is -2.49. The van der Waals surface area contributed by atoms with E-state index in [0.717, 1.165) is 6.54 Å². The fraction of sp³-hybridized carbons (Fsp3) is 0.625. The predicted molar refractivity (Wildman–Crippen MR) is 77.0 cm³/mol. The summed E-state index contributed by atoms with van der Waals surface area (Å²) in [7, 11) is 0. The topological polar surface area (TPSA) is 15.3 Å². The molecular formula is C16H24N2. The molecule has 1 aromatic carbocycles. The smallest absolute Gasteiger partial charge is 0.0373 e. The summed E-state index contributed by atoms with van der Waals surface area (Å²) in [5.74, 6) is 0. The molecule has 2 heterocycles. The third kappa shape index (κ3) is 2.26. The van der Waals surface area contributed by atoms with Crippen LogP contribution in [0.3, 0.4) is 0 Å². The van der Waals surface area contributed by atoms with Crippen LogP contribution in [0.5, 0.6) is 0 Å². The highest BCUT2D eigenvalue weighted by Crippen LogP contribution is 2.39. The van der Waals surface area contributed by atoms with Crippen LogP contribution in [-0.2, 0) is 6.42 Å². The van der Waals surface area contributed by atoms with E-state index in [-0.39, 0.29) is 0 Å². The van der Waals surface area contributed by atoms with Crippen molar-refractivity contribution in [3.05, 3.63) is 29.8 Å². The number of likely N-dealkylation sites (tertiary alicyclic amines) is 1. The Morgan fingerprint density at radius 2 is 2.22 bits per heavy atom. The summed E-state index contributed by atoms with van der Waals surface area (Å²) in [5, 5.41) is 3.66. The van der Waals surface area contributed by atoms with E-state index in [0.29, 0.717) is 5.41 Å². The third-order valence-corrected chi connectivity index (χ3v) is 4.52. The fourth-order valence-electron chi connectivity index (χ4n) is 3.70. The molecule has 0 aliphatic carbocycles. The van der Waals surface area contributed by atoms with Crippen LogP contribution in [0.15, 0.2) is 24.3 Å². The molecular weight excluding hydrogens is 220 g/mol. The van der Waals surface area contributed by atoms with Gasteiger partial charge in [-0.3, -0.25) is 0 Å². The monoisotopic (exact) mass is 244 g/mol. The molecule has 1 atom stereocenters. The van der Waals surface area contributed by atoms with E-state index in [2.05, 4.69) is 41.4 Å². The molecule has 0 radical (unpaired) electrons. The van der Waals surface area contributed by atoms with Gasteiger partial charge in [0.1, 0.15) is 0 Å². The summed E-state index contributed by atoms with van der Waals surface area (Å²) in [5.41, 5.74) is 3.36. The highest BCUT2D eigenvalue weighted by Gasteiger charge is 2.37. The van der Waals surface area contributed by atoms with Gasteiger partial charge in [0.2, 0.25) is 0 Å². The number of fused-ring (bicyclic) bond motifs is 1. The molecule has 1 saturated heterocycles. The second kappa shape index (κ2) is 4.93. The number of anilines is 1. The Kier molecular flexibility index (Phi) is 3.29. The van der Waals surface area contributed by atoms with Crippen molar-refractivity contribution in [1.29, 1.82) is 0 Å². The molecule has 0 saturated carbocycles. The van der Waals surface area contributed by atoms with Gasteiger partial charge in [0.05, 0.1) is 0 Å². The van der Waals surface area contributed by atoms with E-state index in [1.165, 1.54) is 56.6 Å². The van der Waals surface area contributed by atoms with Crippen molar-refractivity contribution in [3.8, 4) is 0 Å². The third-order valence-electron chi connectivity index (χ3n) is 4.52. The van der Waals surface area contributed by atoms with E-state index in [9.17, 15) is 0 Å². The molecule has 0 aromatic heterocycles. The number of nitrogens with one attached hydrogen (secondary N) is 1.